The van der Waals surface area contributed by atoms with E-state index in [4.69, 9.17) is 28.4 Å². The van der Waals surface area contributed by atoms with E-state index in [9.17, 15) is 19.2 Å². The van der Waals surface area contributed by atoms with Gasteiger partial charge >= 0.3 is 23.9 Å². The quantitative estimate of drug-likeness (QED) is 0.0609. The zero-order chi connectivity index (χ0) is 40.2. The van der Waals surface area contributed by atoms with E-state index in [1.165, 1.54) is 0 Å². The van der Waals surface area contributed by atoms with Crippen molar-refractivity contribution in [3.05, 3.63) is 137 Å². The first-order valence-corrected chi connectivity index (χ1v) is 21.2. The van der Waals surface area contributed by atoms with E-state index >= 15 is 0 Å². The molecule has 5 rings (SSSR count). The van der Waals surface area contributed by atoms with Gasteiger partial charge in [0.2, 0.25) is 0 Å². The van der Waals surface area contributed by atoms with Crippen molar-refractivity contribution in [1.82, 2.24) is 0 Å². The second kappa shape index (κ2) is 21.4. The molecule has 0 amide bonds. The first-order chi connectivity index (χ1) is 26.9. The Morgan fingerprint density at radius 3 is 1.38 bits per heavy atom. The molecule has 0 radical (unpaired) electrons. The number of rotatable bonds is 16. The molecular formula is C42H40Br4O10. The van der Waals surface area contributed by atoms with E-state index < -0.39 is 67.3 Å². The number of ether oxygens (including phenoxy) is 6. The number of carbonyl (C=O) groups excluding carboxylic acids is 4. The lowest BCUT2D eigenvalue weighted by Gasteiger charge is -2.45. The highest BCUT2D eigenvalue weighted by Gasteiger charge is 2.54. The van der Waals surface area contributed by atoms with Crippen molar-refractivity contribution in [3.8, 4) is 0 Å². The Balaban J connectivity index is 1.56. The summed E-state index contributed by atoms with van der Waals surface area (Å²) in [5.74, 6) is -3.02. The largest absolute Gasteiger partial charge is 0.459 e. The van der Waals surface area contributed by atoms with Gasteiger partial charge in [-0.05, 0) is 110 Å². The summed E-state index contributed by atoms with van der Waals surface area (Å²) in [7, 11) is 0. The maximum absolute atomic E-state index is 13.9. The normalized spacial score (nSPS) is 19.7. The van der Waals surface area contributed by atoms with E-state index in [1.54, 1.807) is 97.1 Å². The van der Waals surface area contributed by atoms with Crippen molar-refractivity contribution in [3.63, 3.8) is 0 Å². The van der Waals surface area contributed by atoms with Crippen LogP contribution in [0.25, 0.3) is 0 Å². The van der Waals surface area contributed by atoms with Crippen LogP contribution in [0.5, 0.6) is 0 Å². The van der Waals surface area contributed by atoms with Crippen molar-refractivity contribution >= 4 is 87.6 Å². The average molecular weight is 1020 g/mol. The highest BCUT2D eigenvalue weighted by molar-refractivity contribution is 9.11. The minimum absolute atomic E-state index is 0.177. The first kappa shape index (κ1) is 43.7. The van der Waals surface area contributed by atoms with Gasteiger partial charge in [-0.3, -0.25) is 0 Å². The third-order valence-electron chi connectivity index (χ3n) is 8.85. The van der Waals surface area contributed by atoms with E-state index in [0.29, 0.717) is 6.42 Å². The minimum Gasteiger partial charge on any atom is -0.459 e. The van der Waals surface area contributed by atoms with E-state index in [2.05, 4.69) is 70.6 Å². The van der Waals surface area contributed by atoms with Crippen molar-refractivity contribution in [2.45, 2.75) is 82.8 Å². The average Bonchev–Trinajstić information content (AvgIpc) is 3.18. The number of hydrogen-bond donors (Lipinski definition) is 0. The third-order valence-corrected chi connectivity index (χ3v) is 11.0. The van der Waals surface area contributed by atoms with Crippen LogP contribution < -0.4 is 0 Å². The second-order valence-electron chi connectivity index (χ2n) is 13.1. The number of unbranched alkanes of at least 4 members (excludes halogenated alkanes) is 3. The molecule has 56 heavy (non-hydrogen) atoms. The minimum atomic E-state index is -1.51. The molecule has 10 nitrogen and oxygen atoms in total. The molecule has 1 aliphatic heterocycles. The zero-order valence-electron chi connectivity index (χ0n) is 30.5. The Kier molecular flexibility index (Phi) is 16.7. The second-order valence-corrected chi connectivity index (χ2v) is 16.7. The number of halogens is 4. The predicted octanol–water partition coefficient (Wildman–Crippen LogP) is 10.7. The highest BCUT2D eigenvalue weighted by atomic mass is 79.9. The van der Waals surface area contributed by atoms with Crippen LogP contribution in [0.3, 0.4) is 0 Å². The molecule has 1 fully saturated rings. The zero-order valence-corrected chi connectivity index (χ0v) is 36.9. The smallest absolute Gasteiger partial charge is 0.338 e. The monoisotopic (exact) mass is 1020 g/mol. The molecule has 296 valence electrons. The molecule has 0 aliphatic carbocycles. The molecule has 4 aromatic rings. The van der Waals surface area contributed by atoms with Gasteiger partial charge < -0.3 is 28.4 Å². The summed E-state index contributed by atoms with van der Waals surface area (Å²) in [6.45, 7) is 3.55. The summed E-state index contributed by atoms with van der Waals surface area (Å²) in [6.07, 6.45) is -2.80. The fraction of sp³-hybridized carbons (Fsp3) is 0.333. The molecule has 0 N–H and O–H groups in total. The molecule has 1 heterocycles. The summed E-state index contributed by atoms with van der Waals surface area (Å²) in [4.78, 5) is 54.8. The van der Waals surface area contributed by atoms with Crippen LogP contribution in [0, 0.1) is 0 Å². The summed E-state index contributed by atoms with van der Waals surface area (Å²) >= 11 is 13.5. The molecule has 1 aliphatic rings. The van der Waals surface area contributed by atoms with Gasteiger partial charge in [0.05, 0.1) is 28.4 Å². The Bertz CT molecular complexity index is 1920. The van der Waals surface area contributed by atoms with Gasteiger partial charge in [-0.1, -0.05) is 96.3 Å². The number of esters is 4. The van der Waals surface area contributed by atoms with Crippen molar-refractivity contribution in [1.29, 1.82) is 0 Å². The fourth-order valence-electron chi connectivity index (χ4n) is 5.84. The lowest BCUT2D eigenvalue weighted by molar-refractivity contribution is -0.307. The molecule has 6 atom stereocenters. The van der Waals surface area contributed by atoms with Gasteiger partial charge in [-0.25, -0.2) is 19.2 Å². The Labute approximate surface area is 359 Å². The molecule has 0 bridgehead atoms. The van der Waals surface area contributed by atoms with Crippen molar-refractivity contribution < 1.29 is 47.6 Å². The highest BCUT2D eigenvalue weighted by Crippen LogP contribution is 2.33. The molecule has 0 saturated carbocycles. The SMILES string of the molecule is CCCCCC[C@H](C)O[C@@H]1O[C@H](COC(=O)c2ccc(Br)cc2)[C@H](OC(=O)c2ccc(Br)cc2)[C@H](OC(=O)c2ccc(Br)cc2)[C@H]1OC(=O)c1ccc(Br)cc1. The van der Waals surface area contributed by atoms with Gasteiger partial charge in [-0.2, -0.15) is 0 Å². The van der Waals surface area contributed by atoms with Crippen LogP contribution in [0.2, 0.25) is 0 Å². The maximum atomic E-state index is 13.9. The first-order valence-electron chi connectivity index (χ1n) is 18.0. The summed E-state index contributed by atoms with van der Waals surface area (Å²) in [5, 5.41) is 0. The number of benzene rings is 4. The lowest BCUT2D eigenvalue weighted by atomic mass is 9.97. The number of hydrogen-bond acceptors (Lipinski definition) is 10. The van der Waals surface area contributed by atoms with Gasteiger partial charge in [-0.15, -0.1) is 0 Å². The Hall–Kier alpha value is -3.40. The van der Waals surface area contributed by atoms with Crippen molar-refractivity contribution in [2.75, 3.05) is 6.61 Å². The number of carbonyl (C=O) groups is 4. The molecule has 4 aromatic carbocycles. The van der Waals surface area contributed by atoms with Crippen LogP contribution in [0.4, 0.5) is 0 Å². The van der Waals surface area contributed by atoms with Gasteiger partial charge in [0.15, 0.2) is 24.6 Å². The van der Waals surface area contributed by atoms with Gasteiger partial charge in [0.25, 0.3) is 0 Å². The van der Waals surface area contributed by atoms with Crippen molar-refractivity contribution in [2.24, 2.45) is 0 Å². The van der Waals surface area contributed by atoms with E-state index in [0.717, 1.165) is 43.6 Å². The summed E-state index contributed by atoms with van der Waals surface area (Å²) in [5.41, 5.74) is 0.821. The lowest BCUT2D eigenvalue weighted by Crippen LogP contribution is -2.63. The summed E-state index contributed by atoms with van der Waals surface area (Å²) in [6, 6.07) is 26.0. The fourth-order valence-corrected chi connectivity index (χ4v) is 6.90. The van der Waals surface area contributed by atoms with Crippen LogP contribution in [-0.2, 0) is 28.4 Å². The van der Waals surface area contributed by atoms with Gasteiger partial charge in [0.1, 0.15) is 12.7 Å². The summed E-state index contributed by atoms with van der Waals surface area (Å²) < 4.78 is 40.1. The maximum Gasteiger partial charge on any atom is 0.338 e. The molecular weight excluding hydrogens is 984 g/mol. The predicted molar refractivity (Wildman–Crippen MR) is 222 cm³/mol. The topological polar surface area (TPSA) is 124 Å². The van der Waals surface area contributed by atoms with Crippen LogP contribution in [0.15, 0.2) is 115 Å². The molecule has 0 aromatic heterocycles. The van der Waals surface area contributed by atoms with Crippen LogP contribution in [0.1, 0.15) is 87.4 Å². The van der Waals surface area contributed by atoms with E-state index in [-0.39, 0.29) is 22.3 Å². The van der Waals surface area contributed by atoms with Gasteiger partial charge in [0, 0.05) is 17.9 Å². The van der Waals surface area contributed by atoms with Crippen LogP contribution in [-0.4, -0.2) is 67.3 Å². The standard InChI is InChI=1S/C42H40Br4O10/c1-3-4-5-6-7-25(2)52-42-37(56-41(50)29-14-22-33(46)23-15-29)36(55-40(49)28-12-20-32(45)21-13-28)35(54-39(48)27-10-18-31(44)19-11-27)34(53-42)24-51-38(47)26-8-16-30(43)17-9-26/h8-23,25,34-37,42H,3-7,24H2,1-2H3/t25-,34+,35-,36-,37+,42+/m0/s1. The molecule has 1 saturated heterocycles. The molecule has 0 spiro atoms. The Morgan fingerprint density at radius 2 is 0.946 bits per heavy atom. The third kappa shape index (κ3) is 12.5. The Morgan fingerprint density at radius 1 is 0.554 bits per heavy atom. The molecule has 14 heteroatoms. The molecule has 0 unspecified atom stereocenters. The van der Waals surface area contributed by atoms with Crippen LogP contribution >= 0.6 is 63.7 Å². The van der Waals surface area contributed by atoms with E-state index in [1.807, 2.05) is 6.92 Å².